The van der Waals surface area contributed by atoms with Crippen molar-refractivity contribution in [2.75, 3.05) is 26.8 Å². The normalized spacial score (nSPS) is 16.6. The van der Waals surface area contributed by atoms with Gasteiger partial charge in [0.2, 0.25) is 11.8 Å². The lowest BCUT2D eigenvalue weighted by molar-refractivity contribution is -0.135. The number of ether oxygens (including phenoxy) is 2. The first-order chi connectivity index (χ1) is 16.0. The van der Waals surface area contributed by atoms with E-state index in [1.807, 2.05) is 39.0 Å². The minimum absolute atomic E-state index is 0.211. The quantitative estimate of drug-likeness (QED) is 0.463. The zero-order valence-electron chi connectivity index (χ0n) is 20.6. The lowest BCUT2D eigenvalue weighted by Crippen LogP contribution is -2.44. The SMILES string of the molecule is CN(CCCOCCc1ccc2c(c1)n(C)c(=O)n2C1CCC(=O)NC1=O)C(=O)OC(C)(C)C. The largest absolute Gasteiger partial charge is 0.444 e. The van der Waals surface area contributed by atoms with Crippen LogP contribution in [-0.4, -0.2) is 64.3 Å². The number of aromatic nitrogens is 2. The number of carbonyl (C=O) groups excluding carboxylic acids is 3. The Labute approximate surface area is 198 Å². The molecule has 1 unspecified atom stereocenters. The molecule has 1 atom stereocenters. The van der Waals surface area contributed by atoms with E-state index in [-0.39, 0.29) is 24.1 Å². The Morgan fingerprint density at radius 3 is 2.59 bits per heavy atom. The fourth-order valence-corrected chi connectivity index (χ4v) is 3.92. The number of rotatable bonds is 8. The van der Waals surface area contributed by atoms with Crippen molar-refractivity contribution in [3.8, 4) is 0 Å². The molecule has 3 rings (SSSR count). The van der Waals surface area contributed by atoms with Crippen molar-refractivity contribution in [1.82, 2.24) is 19.4 Å². The highest BCUT2D eigenvalue weighted by molar-refractivity contribution is 6.00. The summed E-state index contributed by atoms with van der Waals surface area (Å²) in [7, 11) is 3.38. The number of benzene rings is 1. The fraction of sp³-hybridized carbons (Fsp3) is 0.583. The molecule has 0 aliphatic carbocycles. The summed E-state index contributed by atoms with van der Waals surface area (Å²) in [5, 5.41) is 2.32. The number of carbonyl (C=O) groups is 3. The summed E-state index contributed by atoms with van der Waals surface area (Å²) in [6, 6.07) is 5.00. The standard InChI is InChI=1S/C24H34N4O6/c1-24(2,3)34-23(32)26(4)12-6-13-33-14-11-16-7-8-17-19(15-16)27(5)22(31)28(17)18-9-10-20(29)25-21(18)30/h7-8,15,18H,6,9-14H2,1-5H3,(H,25,29,30). The van der Waals surface area contributed by atoms with E-state index >= 15 is 0 Å². The van der Waals surface area contributed by atoms with Gasteiger partial charge in [-0.2, -0.15) is 0 Å². The minimum Gasteiger partial charge on any atom is -0.444 e. The number of amides is 3. The van der Waals surface area contributed by atoms with Crippen LogP contribution in [0.5, 0.6) is 0 Å². The molecule has 1 N–H and O–H groups in total. The van der Waals surface area contributed by atoms with E-state index in [0.29, 0.717) is 44.5 Å². The van der Waals surface area contributed by atoms with Crippen molar-refractivity contribution in [1.29, 1.82) is 0 Å². The topological polar surface area (TPSA) is 112 Å². The molecule has 1 aromatic carbocycles. The first-order valence-corrected chi connectivity index (χ1v) is 11.5. The molecule has 2 heterocycles. The van der Waals surface area contributed by atoms with Crippen LogP contribution >= 0.6 is 0 Å². The highest BCUT2D eigenvalue weighted by Crippen LogP contribution is 2.23. The number of nitrogens with one attached hydrogen (secondary N) is 1. The molecule has 0 bridgehead atoms. The molecule has 1 saturated heterocycles. The van der Waals surface area contributed by atoms with Gasteiger partial charge in [-0.15, -0.1) is 0 Å². The Morgan fingerprint density at radius 1 is 1.18 bits per heavy atom. The van der Waals surface area contributed by atoms with Gasteiger partial charge in [-0.05, 0) is 57.7 Å². The van der Waals surface area contributed by atoms with Gasteiger partial charge in [0, 0.05) is 33.7 Å². The van der Waals surface area contributed by atoms with Gasteiger partial charge < -0.3 is 14.4 Å². The number of imide groups is 1. The fourth-order valence-electron chi connectivity index (χ4n) is 3.92. The summed E-state index contributed by atoms with van der Waals surface area (Å²) in [5.41, 5.74) is 1.60. The van der Waals surface area contributed by atoms with E-state index in [0.717, 1.165) is 11.1 Å². The Kier molecular flexibility index (Phi) is 7.81. The number of imidazole rings is 1. The molecule has 186 valence electrons. The Bertz CT molecular complexity index is 1130. The molecule has 3 amide bonds. The molecule has 1 aliphatic rings. The molecular weight excluding hydrogens is 440 g/mol. The van der Waals surface area contributed by atoms with Crippen molar-refractivity contribution in [2.24, 2.45) is 7.05 Å². The smallest absolute Gasteiger partial charge is 0.410 e. The number of hydrogen-bond acceptors (Lipinski definition) is 6. The van der Waals surface area contributed by atoms with E-state index in [9.17, 15) is 19.2 Å². The predicted molar refractivity (Wildman–Crippen MR) is 127 cm³/mol. The second-order valence-corrected chi connectivity index (χ2v) is 9.62. The molecule has 10 nitrogen and oxygen atoms in total. The summed E-state index contributed by atoms with van der Waals surface area (Å²) in [5.74, 6) is -0.756. The molecule has 10 heteroatoms. The van der Waals surface area contributed by atoms with E-state index in [4.69, 9.17) is 9.47 Å². The van der Waals surface area contributed by atoms with Gasteiger partial charge in [-0.1, -0.05) is 6.07 Å². The second kappa shape index (κ2) is 10.4. The molecule has 1 fully saturated rings. The lowest BCUT2D eigenvalue weighted by Gasteiger charge is -2.24. The van der Waals surface area contributed by atoms with E-state index in [2.05, 4.69) is 5.32 Å². The second-order valence-electron chi connectivity index (χ2n) is 9.62. The average Bonchev–Trinajstić information content (AvgIpc) is 2.99. The molecule has 1 aliphatic heterocycles. The van der Waals surface area contributed by atoms with E-state index in [1.54, 1.807) is 14.1 Å². The van der Waals surface area contributed by atoms with Crippen molar-refractivity contribution in [3.63, 3.8) is 0 Å². The van der Waals surface area contributed by atoms with E-state index < -0.39 is 17.6 Å². The Morgan fingerprint density at radius 2 is 1.91 bits per heavy atom. The number of hydrogen-bond donors (Lipinski definition) is 1. The third-order valence-electron chi connectivity index (χ3n) is 5.70. The zero-order valence-corrected chi connectivity index (χ0v) is 20.6. The minimum atomic E-state index is -0.693. The maximum atomic E-state index is 12.8. The first-order valence-electron chi connectivity index (χ1n) is 11.5. The van der Waals surface area contributed by atoms with Crippen LogP contribution in [0.2, 0.25) is 0 Å². The van der Waals surface area contributed by atoms with Crippen molar-refractivity contribution in [3.05, 3.63) is 34.2 Å². The third kappa shape index (κ3) is 6.05. The highest BCUT2D eigenvalue weighted by atomic mass is 16.6. The van der Waals surface area contributed by atoms with Gasteiger partial charge in [0.15, 0.2) is 0 Å². The van der Waals surface area contributed by atoms with Crippen LogP contribution in [-0.2, 0) is 32.5 Å². The monoisotopic (exact) mass is 474 g/mol. The van der Waals surface area contributed by atoms with Crippen molar-refractivity contribution < 1.29 is 23.9 Å². The van der Waals surface area contributed by atoms with Crippen LogP contribution in [0.4, 0.5) is 4.79 Å². The average molecular weight is 475 g/mol. The number of fused-ring (bicyclic) bond motifs is 1. The van der Waals surface area contributed by atoms with Gasteiger partial charge in [0.05, 0.1) is 17.6 Å². The molecule has 34 heavy (non-hydrogen) atoms. The Balaban J connectivity index is 1.53. The van der Waals surface area contributed by atoms with Crippen molar-refractivity contribution >= 4 is 28.9 Å². The summed E-state index contributed by atoms with van der Waals surface area (Å²) in [6.07, 6.45) is 1.52. The van der Waals surface area contributed by atoms with Crippen LogP contribution in [0.15, 0.2) is 23.0 Å². The van der Waals surface area contributed by atoms with Gasteiger partial charge >= 0.3 is 11.8 Å². The van der Waals surface area contributed by atoms with Crippen LogP contribution in [0.25, 0.3) is 11.0 Å². The highest BCUT2D eigenvalue weighted by Gasteiger charge is 2.31. The summed E-state index contributed by atoms with van der Waals surface area (Å²) >= 11 is 0. The predicted octanol–water partition coefficient (Wildman–Crippen LogP) is 2.13. The summed E-state index contributed by atoms with van der Waals surface area (Å²) in [4.78, 5) is 50.1. The molecule has 0 spiro atoms. The number of nitrogens with zero attached hydrogens (tertiary/aromatic N) is 3. The van der Waals surface area contributed by atoms with Crippen LogP contribution in [0.3, 0.4) is 0 Å². The van der Waals surface area contributed by atoms with Gasteiger partial charge in [0.1, 0.15) is 11.6 Å². The maximum Gasteiger partial charge on any atom is 0.410 e. The first kappa shape index (κ1) is 25.5. The molecule has 2 aromatic rings. The third-order valence-corrected chi connectivity index (χ3v) is 5.70. The van der Waals surface area contributed by atoms with Gasteiger partial charge in [0.25, 0.3) is 0 Å². The van der Waals surface area contributed by atoms with Gasteiger partial charge in [-0.3, -0.25) is 24.0 Å². The van der Waals surface area contributed by atoms with Crippen LogP contribution in [0, 0.1) is 0 Å². The Hall–Kier alpha value is -3.14. The number of piperidine rings is 1. The molecular formula is C24H34N4O6. The van der Waals surface area contributed by atoms with Gasteiger partial charge in [-0.25, -0.2) is 9.59 Å². The number of aryl methyl sites for hydroxylation is 1. The molecule has 1 aromatic heterocycles. The van der Waals surface area contributed by atoms with Crippen LogP contribution in [0.1, 0.15) is 51.6 Å². The zero-order chi connectivity index (χ0) is 25.0. The molecule has 0 radical (unpaired) electrons. The summed E-state index contributed by atoms with van der Waals surface area (Å²) in [6.45, 7) is 7.06. The van der Waals surface area contributed by atoms with E-state index in [1.165, 1.54) is 14.0 Å². The summed E-state index contributed by atoms with van der Waals surface area (Å²) < 4.78 is 14.0. The van der Waals surface area contributed by atoms with Crippen LogP contribution < -0.4 is 11.0 Å². The molecule has 0 saturated carbocycles. The maximum absolute atomic E-state index is 12.8. The van der Waals surface area contributed by atoms with Crippen molar-refractivity contribution in [2.45, 2.75) is 58.1 Å². The lowest BCUT2D eigenvalue weighted by atomic mass is 10.1.